The molecule has 0 aliphatic heterocycles. The average Bonchev–Trinajstić information content (AvgIpc) is 2.47. The van der Waals surface area contributed by atoms with Gasteiger partial charge in [0, 0.05) is 17.1 Å². The largest absolute Gasteiger partial charge is 0.489 e. The van der Waals surface area contributed by atoms with Crippen molar-refractivity contribution in [3.63, 3.8) is 0 Å². The molecule has 1 atom stereocenters. The molecule has 0 aromatic heterocycles. The predicted octanol–water partition coefficient (Wildman–Crippen LogP) is 4.88. The van der Waals surface area contributed by atoms with Crippen molar-refractivity contribution in [1.29, 1.82) is 0 Å². The summed E-state index contributed by atoms with van der Waals surface area (Å²) in [6, 6.07) is 17.1. The van der Waals surface area contributed by atoms with Crippen LogP contribution in [0, 0.1) is 0 Å². The minimum absolute atomic E-state index is 0.158. The topological polar surface area (TPSA) is 21.3 Å². The fourth-order valence-corrected chi connectivity index (χ4v) is 2.31. The van der Waals surface area contributed by atoms with Gasteiger partial charge >= 0.3 is 0 Å². The SMILES string of the molecule is CC(C)NCC(C)Oc1ccc(-c2ccc(Br)cc2)cc1. The van der Waals surface area contributed by atoms with Crippen LogP contribution in [-0.4, -0.2) is 18.7 Å². The molecule has 112 valence electrons. The number of hydrogen-bond acceptors (Lipinski definition) is 2. The second-order valence-electron chi connectivity index (χ2n) is 5.52. The normalized spacial score (nSPS) is 12.4. The molecule has 0 saturated carbocycles. The summed E-state index contributed by atoms with van der Waals surface area (Å²) in [6.07, 6.45) is 0.158. The Bertz CT molecular complexity index is 548. The summed E-state index contributed by atoms with van der Waals surface area (Å²) in [6.45, 7) is 7.21. The van der Waals surface area contributed by atoms with Crippen LogP contribution < -0.4 is 10.1 Å². The van der Waals surface area contributed by atoms with Gasteiger partial charge in [-0.1, -0.05) is 54.0 Å². The van der Waals surface area contributed by atoms with Crippen LogP contribution in [0.25, 0.3) is 11.1 Å². The molecule has 0 aliphatic rings. The summed E-state index contributed by atoms with van der Waals surface area (Å²) in [5.41, 5.74) is 2.40. The molecule has 3 heteroatoms. The van der Waals surface area contributed by atoms with Gasteiger partial charge in [-0.15, -0.1) is 0 Å². The second kappa shape index (κ2) is 7.62. The average molecular weight is 348 g/mol. The minimum atomic E-state index is 0.158. The van der Waals surface area contributed by atoms with Gasteiger partial charge in [0.1, 0.15) is 11.9 Å². The molecule has 0 heterocycles. The van der Waals surface area contributed by atoms with Gasteiger partial charge in [-0.2, -0.15) is 0 Å². The smallest absolute Gasteiger partial charge is 0.119 e. The molecular formula is C18H22BrNO. The standard InChI is InChI=1S/C18H22BrNO/c1-13(2)20-12-14(3)21-18-10-6-16(7-11-18)15-4-8-17(19)9-5-15/h4-11,13-14,20H,12H2,1-3H3. The molecule has 21 heavy (non-hydrogen) atoms. The minimum Gasteiger partial charge on any atom is -0.489 e. The monoisotopic (exact) mass is 347 g/mol. The first kappa shape index (κ1) is 16.1. The van der Waals surface area contributed by atoms with Crippen LogP contribution in [0.15, 0.2) is 53.0 Å². The molecule has 0 spiro atoms. The van der Waals surface area contributed by atoms with Gasteiger partial charge in [0.2, 0.25) is 0 Å². The van der Waals surface area contributed by atoms with Crippen LogP contribution in [0.5, 0.6) is 5.75 Å². The molecule has 1 unspecified atom stereocenters. The molecule has 0 fully saturated rings. The van der Waals surface area contributed by atoms with Crippen molar-refractivity contribution in [2.45, 2.75) is 32.9 Å². The Labute approximate surface area is 135 Å². The van der Waals surface area contributed by atoms with Gasteiger partial charge in [-0.25, -0.2) is 0 Å². The Hall–Kier alpha value is -1.32. The molecule has 2 rings (SSSR count). The van der Waals surface area contributed by atoms with Crippen LogP contribution in [0.3, 0.4) is 0 Å². The van der Waals surface area contributed by atoms with Gasteiger partial charge in [0.05, 0.1) is 0 Å². The van der Waals surface area contributed by atoms with Crippen LogP contribution in [-0.2, 0) is 0 Å². The highest BCUT2D eigenvalue weighted by Crippen LogP contribution is 2.24. The lowest BCUT2D eigenvalue weighted by Crippen LogP contribution is -2.33. The predicted molar refractivity (Wildman–Crippen MR) is 92.8 cm³/mol. The highest BCUT2D eigenvalue weighted by molar-refractivity contribution is 9.10. The maximum absolute atomic E-state index is 5.90. The fraction of sp³-hybridized carbons (Fsp3) is 0.333. The van der Waals surface area contributed by atoms with Crippen molar-refractivity contribution in [2.75, 3.05) is 6.54 Å². The van der Waals surface area contributed by atoms with Gasteiger partial charge in [-0.05, 0) is 42.3 Å². The number of rotatable bonds is 6. The van der Waals surface area contributed by atoms with Crippen molar-refractivity contribution in [3.05, 3.63) is 53.0 Å². The lowest BCUT2D eigenvalue weighted by Gasteiger charge is -2.17. The molecule has 2 aromatic carbocycles. The molecule has 0 radical (unpaired) electrons. The maximum Gasteiger partial charge on any atom is 0.119 e. The molecule has 2 nitrogen and oxygen atoms in total. The Kier molecular flexibility index (Phi) is 5.83. The maximum atomic E-state index is 5.90. The summed E-state index contributed by atoms with van der Waals surface area (Å²) < 4.78 is 7.00. The van der Waals surface area contributed by atoms with E-state index in [0.29, 0.717) is 6.04 Å². The lowest BCUT2D eigenvalue weighted by atomic mass is 10.1. The number of halogens is 1. The van der Waals surface area contributed by atoms with Crippen LogP contribution >= 0.6 is 15.9 Å². The molecule has 0 amide bonds. The van der Waals surface area contributed by atoms with Crippen LogP contribution in [0.4, 0.5) is 0 Å². The first-order valence-corrected chi connectivity index (χ1v) is 8.10. The van der Waals surface area contributed by atoms with Crippen molar-refractivity contribution >= 4 is 15.9 Å². The quantitative estimate of drug-likeness (QED) is 0.803. The van der Waals surface area contributed by atoms with E-state index in [-0.39, 0.29) is 6.10 Å². The Morgan fingerprint density at radius 2 is 1.43 bits per heavy atom. The summed E-state index contributed by atoms with van der Waals surface area (Å²) in [7, 11) is 0. The van der Waals surface area contributed by atoms with Crippen LogP contribution in [0.2, 0.25) is 0 Å². The Morgan fingerprint density at radius 3 is 1.95 bits per heavy atom. The third kappa shape index (κ3) is 5.18. The fourth-order valence-electron chi connectivity index (χ4n) is 2.04. The molecular weight excluding hydrogens is 326 g/mol. The summed E-state index contributed by atoms with van der Waals surface area (Å²) in [5, 5.41) is 3.38. The molecule has 2 aromatic rings. The van der Waals surface area contributed by atoms with Crippen molar-refractivity contribution < 1.29 is 4.74 Å². The van der Waals surface area contributed by atoms with Crippen molar-refractivity contribution in [2.24, 2.45) is 0 Å². The number of benzene rings is 2. The Balaban J connectivity index is 1.97. The molecule has 1 N–H and O–H groups in total. The molecule has 0 aliphatic carbocycles. The summed E-state index contributed by atoms with van der Waals surface area (Å²) >= 11 is 3.46. The van der Waals surface area contributed by atoms with E-state index in [9.17, 15) is 0 Å². The van der Waals surface area contributed by atoms with Crippen LogP contribution in [0.1, 0.15) is 20.8 Å². The van der Waals surface area contributed by atoms with E-state index in [1.165, 1.54) is 11.1 Å². The van der Waals surface area contributed by atoms with Gasteiger partial charge in [0.25, 0.3) is 0 Å². The van der Waals surface area contributed by atoms with E-state index in [1.54, 1.807) is 0 Å². The zero-order valence-corrected chi connectivity index (χ0v) is 14.4. The van der Waals surface area contributed by atoms with Gasteiger partial charge in [0.15, 0.2) is 0 Å². The zero-order chi connectivity index (χ0) is 15.2. The van der Waals surface area contributed by atoms with Crippen molar-refractivity contribution in [3.8, 4) is 16.9 Å². The molecule has 0 bridgehead atoms. The first-order valence-electron chi connectivity index (χ1n) is 7.30. The highest BCUT2D eigenvalue weighted by atomic mass is 79.9. The van der Waals surface area contributed by atoms with E-state index < -0.39 is 0 Å². The first-order chi connectivity index (χ1) is 10.0. The highest BCUT2D eigenvalue weighted by Gasteiger charge is 2.05. The number of hydrogen-bond donors (Lipinski definition) is 1. The van der Waals surface area contributed by atoms with E-state index in [4.69, 9.17) is 4.74 Å². The van der Waals surface area contributed by atoms with E-state index in [0.717, 1.165) is 16.8 Å². The molecule has 0 saturated heterocycles. The van der Waals surface area contributed by atoms with Gasteiger partial charge < -0.3 is 10.1 Å². The van der Waals surface area contributed by atoms with E-state index in [2.05, 4.69) is 78.4 Å². The Morgan fingerprint density at radius 1 is 0.905 bits per heavy atom. The summed E-state index contributed by atoms with van der Waals surface area (Å²) in [5.74, 6) is 0.911. The van der Waals surface area contributed by atoms with E-state index in [1.807, 2.05) is 12.1 Å². The third-order valence-electron chi connectivity index (χ3n) is 3.18. The van der Waals surface area contributed by atoms with E-state index >= 15 is 0 Å². The summed E-state index contributed by atoms with van der Waals surface area (Å²) in [4.78, 5) is 0. The van der Waals surface area contributed by atoms with Crippen molar-refractivity contribution in [1.82, 2.24) is 5.32 Å². The third-order valence-corrected chi connectivity index (χ3v) is 3.71. The van der Waals surface area contributed by atoms with Gasteiger partial charge in [-0.3, -0.25) is 0 Å². The zero-order valence-electron chi connectivity index (χ0n) is 12.8. The number of nitrogens with one attached hydrogen (secondary N) is 1. The second-order valence-corrected chi connectivity index (χ2v) is 6.44. The number of ether oxygens (including phenoxy) is 1. The lowest BCUT2D eigenvalue weighted by molar-refractivity contribution is 0.213.